The topological polar surface area (TPSA) is 63.7 Å². The summed E-state index contributed by atoms with van der Waals surface area (Å²) in [6.07, 6.45) is 0.887. The molecule has 0 N–H and O–H groups in total. The fraction of sp³-hybridized carbons (Fsp3) is 0.192. The second-order valence-electron chi connectivity index (χ2n) is 8.36. The Labute approximate surface area is 179 Å². The first kappa shape index (κ1) is 18.1. The van der Waals surface area contributed by atoms with Crippen molar-refractivity contribution < 1.29 is 19.1 Å². The summed E-state index contributed by atoms with van der Waals surface area (Å²) in [5, 5.41) is 0. The van der Waals surface area contributed by atoms with E-state index in [9.17, 15) is 14.4 Å². The van der Waals surface area contributed by atoms with Crippen LogP contribution >= 0.6 is 0 Å². The number of imide groups is 1. The molecule has 2 bridgehead atoms. The van der Waals surface area contributed by atoms with Crippen LogP contribution in [0.15, 0.2) is 72.8 Å². The van der Waals surface area contributed by atoms with Crippen LogP contribution in [0, 0.1) is 11.8 Å². The van der Waals surface area contributed by atoms with E-state index in [2.05, 4.69) is 0 Å². The van der Waals surface area contributed by atoms with Crippen molar-refractivity contribution in [3.8, 4) is 5.75 Å². The molecule has 1 heterocycles. The monoisotopic (exact) mass is 409 g/mol. The second-order valence-corrected chi connectivity index (χ2v) is 8.36. The van der Waals surface area contributed by atoms with Crippen LogP contribution in [0.3, 0.4) is 0 Å². The Bertz CT molecular complexity index is 1230. The number of hydrogen-bond donors (Lipinski definition) is 0. The zero-order valence-electron chi connectivity index (χ0n) is 16.8. The number of ether oxygens (including phenoxy) is 1. The first-order valence-corrected chi connectivity index (χ1v) is 10.3. The van der Waals surface area contributed by atoms with Gasteiger partial charge >= 0.3 is 0 Å². The minimum atomic E-state index is -1.17. The van der Waals surface area contributed by atoms with Gasteiger partial charge in [0.1, 0.15) is 12.0 Å². The molecule has 5 heteroatoms. The van der Waals surface area contributed by atoms with E-state index < -0.39 is 17.3 Å². The molecule has 0 spiro atoms. The van der Waals surface area contributed by atoms with Crippen molar-refractivity contribution in [2.24, 2.45) is 11.8 Å². The Kier molecular flexibility index (Phi) is 3.58. The van der Waals surface area contributed by atoms with E-state index in [1.54, 1.807) is 31.4 Å². The second kappa shape index (κ2) is 6.14. The highest BCUT2D eigenvalue weighted by Gasteiger charge is 2.68. The summed E-state index contributed by atoms with van der Waals surface area (Å²) >= 11 is 0. The van der Waals surface area contributed by atoms with Gasteiger partial charge in [-0.1, -0.05) is 54.6 Å². The molecule has 0 radical (unpaired) electrons. The molecule has 1 saturated heterocycles. The summed E-state index contributed by atoms with van der Waals surface area (Å²) in [5.41, 5.74) is 2.89. The molecule has 3 aliphatic carbocycles. The fourth-order valence-electron chi connectivity index (χ4n) is 6.03. The summed E-state index contributed by atoms with van der Waals surface area (Å²) in [4.78, 5) is 41.7. The van der Waals surface area contributed by atoms with Gasteiger partial charge in [-0.2, -0.15) is 0 Å². The van der Waals surface area contributed by atoms with E-state index in [-0.39, 0.29) is 17.7 Å². The smallest absolute Gasteiger partial charge is 0.239 e. The zero-order valence-corrected chi connectivity index (χ0v) is 16.8. The van der Waals surface area contributed by atoms with E-state index in [1.807, 2.05) is 48.5 Å². The van der Waals surface area contributed by atoms with Crippen molar-refractivity contribution in [3.63, 3.8) is 0 Å². The highest BCUT2D eigenvalue weighted by Crippen LogP contribution is 2.63. The fourth-order valence-corrected chi connectivity index (χ4v) is 6.03. The van der Waals surface area contributed by atoms with Crippen LogP contribution < -0.4 is 9.64 Å². The SMILES string of the molecule is COc1cccc(N2C(=O)[C@H]3C4c5ccccc5C(C=O)(c5ccccc54)[C@H]3C2=O)c1. The minimum Gasteiger partial charge on any atom is -0.497 e. The molecule has 7 rings (SSSR count). The van der Waals surface area contributed by atoms with Crippen molar-refractivity contribution in [1.82, 2.24) is 0 Å². The average molecular weight is 409 g/mol. The largest absolute Gasteiger partial charge is 0.497 e. The summed E-state index contributed by atoms with van der Waals surface area (Å²) in [5.74, 6) is -1.67. The summed E-state index contributed by atoms with van der Waals surface area (Å²) in [6, 6.07) is 22.4. The number of carbonyl (C=O) groups is 3. The highest BCUT2D eigenvalue weighted by molar-refractivity contribution is 6.24. The molecule has 5 nitrogen and oxygen atoms in total. The Morgan fingerprint density at radius 1 is 0.871 bits per heavy atom. The maximum atomic E-state index is 13.8. The molecular weight excluding hydrogens is 390 g/mol. The van der Waals surface area contributed by atoms with Crippen molar-refractivity contribution >= 4 is 23.8 Å². The third-order valence-corrected chi connectivity index (χ3v) is 7.18. The standard InChI is InChI=1S/C26H19NO4/c1-31-16-8-6-7-15(13-16)27-24(29)22-21-17-9-2-4-11-19(17)26(14-28,23(22)25(27)30)20-12-5-3-10-18(20)21/h2-14,21-23H,1H3/t21?,22-,23+,26?/m0/s1. The van der Waals surface area contributed by atoms with Gasteiger partial charge in [0.25, 0.3) is 0 Å². The first-order valence-electron chi connectivity index (χ1n) is 10.3. The van der Waals surface area contributed by atoms with Gasteiger partial charge in [0.15, 0.2) is 0 Å². The number of hydrogen-bond acceptors (Lipinski definition) is 4. The van der Waals surface area contributed by atoms with E-state index in [1.165, 1.54) is 4.90 Å². The van der Waals surface area contributed by atoms with E-state index in [0.29, 0.717) is 11.4 Å². The van der Waals surface area contributed by atoms with Gasteiger partial charge in [0.05, 0.1) is 30.0 Å². The van der Waals surface area contributed by atoms with Crippen LogP contribution in [0.2, 0.25) is 0 Å². The van der Waals surface area contributed by atoms with Crippen molar-refractivity contribution in [1.29, 1.82) is 0 Å². The summed E-state index contributed by atoms with van der Waals surface area (Å²) < 4.78 is 5.30. The minimum absolute atomic E-state index is 0.258. The molecule has 0 saturated carbocycles. The molecule has 0 aromatic heterocycles. The molecule has 31 heavy (non-hydrogen) atoms. The molecule has 1 aliphatic heterocycles. The van der Waals surface area contributed by atoms with Gasteiger partial charge in [-0.05, 0) is 34.4 Å². The molecular formula is C26H19NO4. The van der Waals surface area contributed by atoms with Crippen LogP contribution in [0.25, 0.3) is 0 Å². The summed E-state index contributed by atoms with van der Waals surface area (Å²) in [6.45, 7) is 0. The average Bonchev–Trinajstić information content (AvgIpc) is 3.10. The van der Waals surface area contributed by atoms with Crippen LogP contribution in [-0.2, 0) is 19.8 Å². The predicted molar refractivity (Wildman–Crippen MR) is 114 cm³/mol. The Morgan fingerprint density at radius 3 is 2.13 bits per heavy atom. The Hall–Kier alpha value is -3.73. The highest BCUT2D eigenvalue weighted by atomic mass is 16.5. The molecule has 0 unspecified atom stereocenters. The number of aldehydes is 1. The Balaban J connectivity index is 1.63. The van der Waals surface area contributed by atoms with Gasteiger partial charge in [-0.25, -0.2) is 4.90 Å². The lowest BCUT2D eigenvalue weighted by atomic mass is 9.48. The Morgan fingerprint density at radius 2 is 1.52 bits per heavy atom. The summed E-state index contributed by atoms with van der Waals surface area (Å²) in [7, 11) is 1.54. The van der Waals surface area contributed by atoms with E-state index in [4.69, 9.17) is 4.74 Å². The number of nitrogens with zero attached hydrogens (tertiary/aromatic N) is 1. The van der Waals surface area contributed by atoms with Crippen LogP contribution in [0.1, 0.15) is 28.2 Å². The number of methoxy groups -OCH3 is 1. The third-order valence-electron chi connectivity index (χ3n) is 7.18. The van der Waals surface area contributed by atoms with Crippen LogP contribution in [0.4, 0.5) is 5.69 Å². The lowest BCUT2D eigenvalue weighted by Crippen LogP contribution is -2.54. The quantitative estimate of drug-likeness (QED) is 0.491. The van der Waals surface area contributed by atoms with Crippen molar-refractivity contribution in [3.05, 3.63) is 95.1 Å². The zero-order chi connectivity index (χ0) is 21.3. The van der Waals surface area contributed by atoms with Gasteiger partial charge in [0, 0.05) is 12.0 Å². The van der Waals surface area contributed by atoms with Gasteiger partial charge in [-0.15, -0.1) is 0 Å². The molecule has 2 amide bonds. The van der Waals surface area contributed by atoms with Crippen LogP contribution in [0.5, 0.6) is 5.75 Å². The third kappa shape index (κ3) is 2.03. The maximum absolute atomic E-state index is 13.8. The first-order chi connectivity index (χ1) is 15.1. The van der Waals surface area contributed by atoms with E-state index >= 15 is 0 Å². The van der Waals surface area contributed by atoms with Crippen molar-refractivity contribution in [2.75, 3.05) is 12.0 Å². The lowest BCUT2D eigenvalue weighted by molar-refractivity contribution is -0.128. The lowest BCUT2D eigenvalue weighted by Gasteiger charge is -2.51. The van der Waals surface area contributed by atoms with Gasteiger partial charge < -0.3 is 9.53 Å². The molecule has 152 valence electrons. The molecule has 4 aliphatic rings. The van der Waals surface area contributed by atoms with Gasteiger partial charge in [0.2, 0.25) is 11.8 Å². The number of benzene rings is 3. The molecule has 3 aromatic carbocycles. The maximum Gasteiger partial charge on any atom is 0.239 e. The van der Waals surface area contributed by atoms with Gasteiger partial charge in [-0.3, -0.25) is 9.59 Å². The number of anilines is 1. The molecule has 2 atom stereocenters. The van der Waals surface area contributed by atoms with E-state index in [0.717, 1.165) is 28.5 Å². The number of amides is 2. The predicted octanol–water partition coefficient (Wildman–Crippen LogP) is 3.44. The number of carbonyl (C=O) groups excluding carboxylic acids is 3. The van der Waals surface area contributed by atoms with Crippen molar-refractivity contribution in [2.45, 2.75) is 11.3 Å². The normalized spacial score (nSPS) is 27.5. The molecule has 3 aromatic rings. The van der Waals surface area contributed by atoms with Crippen LogP contribution in [-0.4, -0.2) is 25.2 Å². The molecule has 1 fully saturated rings. The number of rotatable bonds is 3.